The van der Waals surface area contributed by atoms with Gasteiger partial charge in [0.25, 0.3) is 0 Å². The van der Waals surface area contributed by atoms with Crippen molar-refractivity contribution >= 4 is 41.5 Å². The third kappa shape index (κ3) is 15.4. The van der Waals surface area contributed by atoms with Crippen LogP contribution < -0.4 is 41.8 Å². The molecule has 3 fully saturated rings. The van der Waals surface area contributed by atoms with Gasteiger partial charge in [0.2, 0.25) is 42.0 Å². The Hall–Kier alpha value is -6.66. The highest BCUT2D eigenvalue weighted by Crippen LogP contribution is 2.31. The quantitative estimate of drug-likeness (QED) is 0.0869. The van der Waals surface area contributed by atoms with E-state index in [2.05, 4.69) is 31.4 Å². The summed E-state index contributed by atoms with van der Waals surface area (Å²) < 4.78 is 17.2. The number of nitrogens with two attached hydrogens (primary N) is 1. The van der Waals surface area contributed by atoms with Crippen LogP contribution in [0.25, 0.3) is 4.85 Å². The lowest BCUT2D eigenvalue weighted by Crippen LogP contribution is -2.64. The lowest BCUT2D eigenvalue weighted by Gasteiger charge is -2.33. The number of nitrogens with one attached hydrogen (secondary N) is 5. The van der Waals surface area contributed by atoms with Crippen molar-refractivity contribution in [3.63, 3.8) is 0 Å². The maximum atomic E-state index is 14.6. The van der Waals surface area contributed by atoms with E-state index >= 15 is 0 Å². The zero-order valence-corrected chi connectivity index (χ0v) is 41.9. The average Bonchev–Trinajstić information content (AvgIpc) is 3.88. The molecule has 25 nitrogen and oxygen atoms in total. The number of aliphatic hydroxyl groups excluding tert-OH is 6. The van der Waals surface area contributed by atoms with Crippen LogP contribution in [-0.4, -0.2) is 200 Å². The molecule has 0 aliphatic carbocycles. The molecule has 13 atom stereocenters. The van der Waals surface area contributed by atoms with Gasteiger partial charge >= 0.3 is 6.09 Å². The van der Waals surface area contributed by atoms with Crippen LogP contribution in [0.2, 0.25) is 0 Å². The predicted molar refractivity (Wildman–Crippen MR) is 260 cm³/mol. The normalized spacial score (nSPS) is 27.9. The molecule has 0 aromatic heterocycles. The van der Waals surface area contributed by atoms with E-state index in [1.807, 2.05) is 30.3 Å². The Labute approximate surface area is 427 Å². The molecule has 25 heteroatoms. The molecule has 0 spiro atoms. The minimum atomic E-state index is -2.06. The summed E-state index contributed by atoms with van der Waals surface area (Å²) in [5.41, 5.74) is 5.83. The van der Waals surface area contributed by atoms with E-state index in [0.717, 1.165) is 22.3 Å². The SMILES string of the molecule is [C-]#[N+]C[C@@H](O)[C@@H]1NC(=O)[C@H]([C@H](O)Cc2ccc(OCc3ccccc3)c(OCCN)c2)NC(=O)[C@@H]2C[C@@H](O)CN2C(=O)[C@H]([C@@H](C)O)NC(=O)C(NC(=O)OC(C)(C)C)C[C@@H](O)CNC(=O)[C@@H]2[C@@H](O)[C@@H](C)CN2C1=O. The molecule has 3 aliphatic heterocycles. The van der Waals surface area contributed by atoms with Crippen molar-refractivity contribution in [2.24, 2.45) is 11.7 Å². The molecule has 3 aliphatic rings. The summed E-state index contributed by atoms with van der Waals surface area (Å²) in [5, 5.41) is 79.4. The van der Waals surface area contributed by atoms with E-state index in [-0.39, 0.29) is 32.1 Å². The number of carbonyl (C=O) groups is 7. The Morgan fingerprint density at radius 2 is 1.47 bits per heavy atom. The van der Waals surface area contributed by atoms with Crippen LogP contribution in [0.4, 0.5) is 4.79 Å². The molecule has 2 aromatic carbocycles. The number of alkyl carbamates (subject to hydrolysis) is 1. The fourth-order valence-electron chi connectivity index (χ4n) is 8.74. The van der Waals surface area contributed by atoms with Crippen LogP contribution in [0.1, 0.15) is 58.6 Å². The first kappa shape index (κ1) is 58.2. The van der Waals surface area contributed by atoms with Gasteiger partial charge < -0.3 is 91.8 Å². The van der Waals surface area contributed by atoms with Gasteiger partial charge in [-0.15, -0.1) is 0 Å². The van der Waals surface area contributed by atoms with Gasteiger partial charge in [0.1, 0.15) is 55.1 Å². The number of β-amino-alcohol motifs (C(OH)–C–C–N with tert-alkyl or cyclic N) is 1. The van der Waals surface area contributed by atoms with Gasteiger partial charge in [-0.3, -0.25) is 28.8 Å². The first-order valence-electron chi connectivity index (χ1n) is 24.3. The molecule has 13 N–H and O–H groups in total. The van der Waals surface area contributed by atoms with E-state index in [0.29, 0.717) is 11.3 Å². The summed E-state index contributed by atoms with van der Waals surface area (Å²) in [4.78, 5) is 104. The van der Waals surface area contributed by atoms with Gasteiger partial charge in [-0.25, -0.2) is 11.4 Å². The van der Waals surface area contributed by atoms with Crippen LogP contribution in [0, 0.1) is 12.5 Å². The number of aliphatic hydroxyl groups is 6. The molecular weight excluding hydrogens is 971 g/mol. The van der Waals surface area contributed by atoms with E-state index in [1.165, 1.54) is 13.0 Å². The van der Waals surface area contributed by atoms with Crippen molar-refractivity contribution in [1.29, 1.82) is 0 Å². The highest BCUT2D eigenvalue weighted by Gasteiger charge is 2.50. The molecule has 74 heavy (non-hydrogen) atoms. The second kappa shape index (κ2) is 26.0. The maximum Gasteiger partial charge on any atom is 0.408 e. The van der Waals surface area contributed by atoms with Crippen LogP contribution >= 0.6 is 0 Å². The first-order chi connectivity index (χ1) is 34.9. The van der Waals surface area contributed by atoms with Crippen LogP contribution in [0.15, 0.2) is 48.5 Å². The number of nitrogens with zero attached hydrogens (tertiary/aromatic N) is 3. The molecular formula is C49H69N9O16. The van der Waals surface area contributed by atoms with E-state index in [9.17, 15) is 64.2 Å². The van der Waals surface area contributed by atoms with Crippen molar-refractivity contribution in [1.82, 2.24) is 36.4 Å². The van der Waals surface area contributed by atoms with Gasteiger partial charge in [0.05, 0.1) is 30.5 Å². The minimum Gasteiger partial charge on any atom is -0.488 e. The number of ether oxygens (including phenoxy) is 3. The minimum absolute atomic E-state index is 0.0556. The lowest BCUT2D eigenvalue weighted by molar-refractivity contribution is -0.147. The summed E-state index contributed by atoms with van der Waals surface area (Å²) in [7, 11) is 0. The Balaban J connectivity index is 1.57. The standard InChI is InChI=1S/C49H69N9O16/c1-25-22-58-40(41(25)64)45(68)52-20-29(60)18-31(53-48(71)74-49(3,4)5)42(65)54-37(26(2)59)46(69)57-23-30(61)19-32(57)43(66)55-38(44(67)56-39(47(58)70)34(63)21-51-6)33(62)16-28-12-13-35(36(17-28)72-15-14-50)73-24-27-10-8-7-9-11-27/h7-13,17,25-26,29-34,37-41,59-64H,14-16,18-24,50H2,1-5H3,(H,52,68)(H,53,71)(H,54,65)(H,55,66)(H,56,67)/t25-,26+,29+,30+,31?,32-,33+,34+,37-,38-,39-,40-,41-/m0/s1. The number of carbonyl (C=O) groups excluding carboxylic acids is 7. The zero-order chi connectivity index (χ0) is 54.6. The Kier molecular flexibility index (Phi) is 20.5. The molecule has 3 saturated heterocycles. The Morgan fingerprint density at radius 1 is 0.811 bits per heavy atom. The number of amides is 7. The monoisotopic (exact) mass is 1040 g/mol. The smallest absolute Gasteiger partial charge is 0.408 e. The fourth-order valence-corrected chi connectivity index (χ4v) is 8.74. The topological polar surface area (TPSA) is 366 Å². The van der Waals surface area contributed by atoms with E-state index in [1.54, 1.807) is 32.9 Å². The number of benzene rings is 2. The predicted octanol–water partition coefficient (Wildman–Crippen LogP) is -3.43. The highest BCUT2D eigenvalue weighted by molar-refractivity contribution is 5.98. The summed E-state index contributed by atoms with van der Waals surface area (Å²) in [5.74, 6) is -7.15. The van der Waals surface area contributed by atoms with Crippen LogP contribution in [-0.2, 0) is 46.5 Å². The van der Waals surface area contributed by atoms with Crippen molar-refractivity contribution in [2.45, 2.75) is 139 Å². The number of hydrogen-bond donors (Lipinski definition) is 12. The number of fused-ring (bicyclic) bond motifs is 2. The highest BCUT2D eigenvalue weighted by atomic mass is 16.6. The molecule has 5 rings (SSSR count). The molecule has 3 heterocycles. The van der Waals surface area contributed by atoms with Gasteiger partial charge in [0.15, 0.2) is 17.6 Å². The molecule has 0 saturated carbocycles. The summed E-state index contributed by atoms with van der Waals surface area (Å²) in [6, 6.07) is 2.79. The lowest BCUT2D eigenvalue weighted by atomic mass is 9.99. The Bertz CT molecular complexity index is 2350. The van der Waals surface area contributed by atoms with E-state index in [4.69, 9.17) is 26.5 Å². The molecule has 0 radical (unpaired) electrons. The van der Waals surface area contributed by atoms with Crippen LogP contribution in [0.3, 0.4) is 0 Å². The van der Waals surface area contributed by atoms with Gasteiger partial charge in [-0.05, 0) is 51.0 Å². The van der Waals surface area contributed by atoms with Gasteiger partial charge in [-0.1, -0.05) is 43.3 Å². The molecule has 0 bridgehead atoms. The van der Waals surface area contributed by atoms with Crippen LogP contribution in [0.5, 0.6) is 11.5 Å². The van der Waals surface area contributed by atoms with Gasteiger partial charge in [-0.2, -0.15) is 0 Å². The largest absolute Gasteiger partial charge is 0.488 e. The molecule has 1 unspecified atom stereocenters. The Morgan fingerprint density at radius 3 is 2.12 bits per heavy atom. The molecule has 2 aromatic rings. The summed E-state index contributed by atoms with van der Waals surface area (Å²) >= 11 is 0. The number of rotatable bonds is 13. The van der Waals surface area contributed by atoms with Crippen molar-refractivity contribution in [2.75, 3.05) is 39.3 Å². The van der Waals surface area contributed by atoms with Gasteiger partial charge in [0, 0.05) is 51.4 Å². The van der Waals surface area contributed by atoms with E-state index < -0.39 is 165 Å². The van der Waals surface area contributed by atoms with Crippen molar-refractivity contribution in [3.05, 3.63) is 71.1 Å². The molecule has 406 valence electrons. The maximum absolute atomic E-state index is 14.6. The zero-order valence-electron chi connectivity index (χ0n) is 41.9. The third-order valence-corrected chi connectivity index (χ3v) is 12.5. The third-order valence-electron chi connectivity index (χ3n) is 12.5. The molecule has 7 amide bonds. The summed E-state index contributed by atoms with van der Waals surface area (Å²) in [6.07, 6.45) is -12.8. The second-order valence-corrected chi connectivity index (χ2v) is 19.7. The van der Waals surface area contributed by atoms with Crippen molar-refractivity contribution in [3.8, 4) is 11.5 Å². The fraction of sp³-hybridized carbons (Fsp3) is 0.592. The van der Waals surface area contributed by atoms with Crippen molar-refractivity contribution < 1.29 is 78.4 Å². The first-order valence-corrected chi connectivity index (χ1v) is 24.3. The second-order valence-electron chi connectivity index (χ2n) is 19.7. The average molecular weight is 1040 g/mol. The summed E-state index contributed by atoms with van der Waals surface area (Å²) in [6.45, 7) is 12.8. The number of hydrogen-bond acceptors (Lipinski definition) is 17.